The van der Waals surface area contributed by atoms with Crippen molar-refractivity contribution < 1.29 is 14.3 Å². The Labute approximate surface area is 142 Å². The van der Waals surface area contributed by atoms with Crippen LogP contribution in [0, 0.1) is 13.8 Å². The molecule has 0 bridgehead atoms. The van der Waals surface area contributed by atoms with Crippen LogP contribution in [0.25, 0.3) is 10.9 Å². The molecule has 3 rings (SSSR count). The van der Waals surface area contributed by atoms with Crippen LogP contribution >= 0.6 is 7.37 Å². The summed E-state index contributed by atoms with van der Waals surface area (Å²) in [5.74, 6) is 0. The molecular weight excluding hydrogens is 321 g/mol. The zero-order valence-corrected chi connectivity index (χ0v) is 15.2. The molecule has 1 atom stereocenters. The lowest BCUT2D eigenvalue weighted by Gasteiger charge is -2.22. The Morgan fingerprint density at radius 1 is 1.04 bits per heavy atom. The topological polar surface area (TPSA) is 51.5 Å². The van der Waals surface area contributed by atoms with Crippen LogP contribution in [0.15, 0.2) is 48.5 Å². The highest BCUT2D eigenvalue weighted by atomic mass is 31.2. The van der Waals surface area contributed by atoms with E-state index in [1.54, 1.807) is 6.92 Å². The first-order valence-electron chi connectivity index (χ1n) is 8.00. The van der Waals surface area contributed by atoms with Crippen LogP contribution in [0.1, 0.15) is 25.1 Å². The lowest BCUT2D eigenvalue weighted by Crippen LogP contribution is -2.22. The average molecular weight is 343 g/mol. The molecule has 24 heavy (non-hydrogen) atoms. The van der Waals surface area contributed by atoms with Crippen molar-refractivity contribution in [3.8, 4) is 0 Å². The lowest BCUT2D eigenvalue weighted by atomic mass is 10.1. The van der Waals surface area contributed by atoms with Gasteiger partial charge in [0.05, 0.1) is 22.6 Å². The number of fused-ring (bicyclic) bond motifs is 1. The first kappa shape index (κ1) is 16.8. The van der Waals surface area contributed by atoms with Gasteiger partial charge in [-0.2, -0.15) is 4.73 Å². The van der Waals surface area contributed by atoms with Crippen LogP contribution in [0.2, 0.25) is 0 Å². The molecule has 0 spiro atoms. The minimum Gasteiger partial charge on any atom is -0.428 e. The normalized spacial score (nSPS) is 14.2. The molecule has 0 saturated carbocycles. The molecule has 0 aliphatic heterocycles. The minimum atomic E-state index is -3.35. The van der Waals surface area contributed by atoms with E-state index >= 15 is 0 Å². The zero-order chi connectivity index (χ0) is 17.5. The van der Waals surface area contributed by atoms with Crippen LogP contribution < -0.4 is 10.6 Å². The first-order chi connectivity index (χ1) is 11.4. The van der Waals surface area contributed by atoms with E-state index in [2.05, 4.69) is 0 Å². The summed E-state index contributed by atoms with van der Waals surface area (Å²) < 4.78 is 21.2. The number of aryl methyl sites for hydroxylation is 1. The molecule has 2 aromatic carbocycles. The van der Waals surface area contributed by atoms with Gasteiger partial charge >= 0.3 is 0 Å². The van der Waals surface area contributed by atoms with Gasteiger partial charge in [0.15, 0.2) is 0 Å². The Morgan fingerprint density at radius 2 is 1.71 bits per heavy atom. The second kappa shape index (κ2) is 6.12. The maximum Gasteiger partial charge on any atom is 0.264 e. The second-order valence-corrected chi connectivity index (χ2v) is 8.53. The van der Waals surface area contributed by atoms with Crippen LogP contribution in [-0.4, -0.2) is 16.0 Å². The molecule has 1 aromatic heterocycles. The zero-order valence-electron chi connectivity index (χ0n) is 14.4. The maximum absolute atomic E-state index is 14.1. The summed E-state index contributed by atoms with van der Waals surface area (Å²) in [7, 11) is -3.35. The summed E-state index contributed by atoms with van der Waals surface area (Å²) in [6, 6.07) is 14.9. The van der Waals surface area contributed by atoms with Crippen LogP contribution in [0.5, 0.6) is 0 Å². The second-order valence-electron chi connectivity index (χ2n) is 6.26. The van der Waals surface area contributed by atoms with Crippen molar-refractivity contribution in [2.45, 2.75) is 33.8 Å². The molecule has 0 fully saturated rings. The summed E-state index contributed by atoms with van der Waals surface area (Å²) in [5, 5.41) is 12.5. The molecule has 1 heterocycles. The molecular formula is C19H22NO3P. The molecule has 0 aliphatic rings. The summed E-state index contributed by atoms with van der Waals surface area (Å²) in [6.45, 7) is 7.47. The predicted molar refractivity (Wildman–Crippen MR) is 98.1 cm³/mol. The van der Waals surface area contributed by atoms with E-state index in [4.69, 9.17) is 4.52 Å². The molecule has 1 N–H and O–H groups in total. The van der Waals surface area contributed by atoms with E-state index in [1.807, 2.05) is 69.3 Å². The molecule has 5 heteroatoms. The number of nitrogens with zero attached hydrogens (tertiary/aromatic N) is 1. The highest BCUT2D eigenvalue weighted by Crippen LogP contribution is 2.49. The van der Waals surface area contributed by atoms with Gasteiger partial charge in [0, 0.05) is 10.7 Å². The van der Waals surface area contributed by atoms with Crippen molar-refractivity contribution in [2.24, 2.45) is 0 Å². The van der Waals surface area contributed by atoms with Crippen LogP contribution in [0.4, 0.5) is 0 Å². The third-order valence-electron chi connectivity index (χ3n) is 4.13. The molecule has 1 unspecified atom stereocenters. The maximum atomic E-state index is 14.1. The highest BCUT2D eigenvalue weighted by Gasteiger charge is 2.36. The molecule has 0 aliphatic carbocycles. The van der Waals surface area contributed by atoms with Gasteiger partial charge in [-0.1, -0.05) is 30.3 Å². The summed E-state index contributed by atoms with van der Waals surface area (Å²) in [5.41, 5.74) is 2.15. The predicted octanol–water partition coefficient (Wildman–Crippen LogP) is 4.15. The average Bonchev–Trinajstić information content (AvgIpc) is 2.81. The van der Waals surface area contributed by atoms with E-state index in [0.717, 1.165) is 15.7 Å². The third kappa shape index (κ3) is 2.56. The Hall–Kier alpha value is -2.03. The smallest absolute Gasteiger partial charge is 0.264 e. The van der Waals surface area contributed by atoms with Gasteiger partial charge in [-0.15, -0.1) is 0 Å². The van der Waals surface area contributed by atoms with E-state index in [1.165, 1.54) is 0 Å². The molecule has 126 valence electrons. The summed E-state index contributed by atoms with van der Waals surface area (Å²) >= 11 is 0. The van der Waals surface area contributed by atoms with Gasteiger partial charge in [0.1, 0.15) is 0 Å². The summed E-state index contributed by atoms with van der Waals surface area (Å²) in [6.07, 6.45) is -0.212. The molecule has 0 radical (unpaired) electrons. The Balaban J connectivity index is 2.41. The van der Waals surface area contributed by atoms with Gasteiger partial charge in [-0.3, -0.25) is 4.57 Å². The highest BCUT2D eigenvalue weighted by molar-refractivity contribution is 7.75. The van der Waals surface area contributed by atoms with Crippen LogP contribution in [0.3, 0.4) is 0 Å². The number of hydrogen-bond donors (Lipinski definition) is 1. The summed E-state index contributed by atoms with van der Waals surface area (Å²) in [4.78, 5) is 0. The Kier molecular flexibility index (Phi) is 4.29. The Bertz CT molecular complexity index is 929. The minimum absolute atomic E-state index is 0.212. The van der Waals surface area contributed by atoms with Gasteiger partial charge in [-0.05, 0) is 51.5 Å². The molecule has 0 amide bonds. The van der Waals surface area contributed by atoms with Crippen molar-refractivity contribution in [2.75, 3.05) is 0 Å². The fourth-order valence-electron chi connectivity index (χ4n) is 3.12. The van der Waals surface area contributed by atoms with Crippen molar-refractivity contribution in [3.63, 3.8) is 0 Å². The fourth-order valence-corrected chi connectivity index (χ4v) is 5.87. The SMILES string of the molecule is Cc1cccc2c1c(P(=O)(OC(C)C)c1ccccc1)c(C)n2O. The monoisotopic (exact) mass is 343 g/mol. The third-order valence-corrected chi connectivity index (χ3v) is 6.96. The molecule has 4 nitrogen and oxygen atoms in total. The van der Waals surface area contributed by atoms with Crippen LogP contribution in [-0.2, 0) is 9.09 Å². The van der Waals surface area contributed by atoms with Crippen molar-refractivity contribution in [1.82, 2.24) is 4.73 Å². The van der Waals surface area contributed by atoms with Crippen molar-refractivity contribution >= 4 is 28.9 Å². The van der Waals surface area contributed by atoms with Crippen molar-refractivity contribution in [3.05, 3.63) is 59.8 Å². The Morgan fingerprint density at radius 3 is 2.33 bits per heavy atom. The number of rotatable bonds is 4. The number of hydrogen-bond acceptors (Lipinski definition) is 3. The van der Waals surface area contributed by atoms with Gasteiger partial charge in [-0.25, -0.2) is 0 Å². The number of aromatic nitrogens is 1. The first-order valence-corrected chi connectivity index (χ1v) is 9.63. The van der Waals surface area contributed by atoms with Gasteiger partial charge < -0.3 is 9.73 Å². The molecule has 3 aromatic rings. The van der Waals surface area contributed by atoms with Crippen molar-refractivity contribution in [1.29, 1.82) is 0 Å². The standard InChI is InChI=1S/C19H22NO3P/c1-13(2)23-24(22,16-10-6-5-7-11-16)19-15(4)20(21)17-12-8-9-14(3)18(17)19/h5-13,21H,1-4H3. The quantitative estimate of drug-likeness (QED) is 0.572. The van der Waals surface area contributed by atoms with E-state index in [-0.39, 0.29) is 6.10 Å². The number of benzene rings is 2. The largest absolute Gasteiger partial charge is 0.428 e. The van der Waals surface area contributed by atoms with Gasteiger partial charge in [0.2, 0.25) is 0 Å². The molecule has 0 saturated heterocycles. The lowest BCUT2D eigenvalue weighted by molar-refractivity contribution is 0.194. The fraction of sp³-hybridized carbons (Fsp3) is 0.263. The van der Waals surface area contributed by atoms with E-state index in [9.17, 15) is 9.77 Å². The van der Waals surface area contributed by atoms with E-state index in [0.29, 0.717) is 21.8 Å². The van der Waals surface area contributed by atoms with Gasteiger partial charge in [0.25, 0.3) is 7.37 Å². The van der Waals surface area contributed by atoms with E-state index < -0.39 is 7.37 Å².